The van der Waals surface area contributed by atoms with Crippen LogP contribution in [0.5, 0.6) is 0 Å². The summed E-state index contributed by atoms with van der Waals surface area (Å²) in [4.78, 5) is 19.4. The molecule has 4 rings (SSSR count). The molecule has 1 aromatic heterocycles. The number of amides is 1. The van der Waals surface area contributed by atoms with Crippen LogP contribution in [0.25, 0.3) is 0 Å². The van der Waals surface area contributed by atoms with Crippen molar-refractivity contribution in [3.05, 3.63) is 21.9 Å². The largest absolute Gasteiger partial charge is 0.380 e. The van der Waals surface area contributed by atoms with Gasteiger partial charge < -0.3 is 14.4 Å². The number of nitrogens with zero attached hydrogens (tertiary/aromatic N) is 2. The molecule has 1 aromatic rings. The third-order valence-electron chi connectivity index (χ3n) is 5.40. The molecule has 6 heteroatoms. The lowest BCUT2D eigenvalue weighted by atomic mass is 9.80. The highest BCUT2D eigenvalue weighted by molar-refractivity contribution is 7.13. The zero-order chi connectivity index (χ0) is 15.9. The van der Waals surface area contributed by atoms with Crippen LogP contribution in [0.2, 0.25) is 0 Å². The second-order valence-corrected chi connectivity index (χ2v) is 8.35. The molecule has 0 N–H and O–H groups in total. The van der Waals surface area contributed by atoms with Gasteiger partial charge in [0.1, 0.15) is 0 Å². The van der Waals surface area contributed by atoms with Crippen LogP contribution in [0.15, 0.2) is 12.1 Å². The molecule has 126 valence electrons. The van der Waals surface area contributed by atoms with Crippen molar-refractivity contribution in [1.29, 1.82) is 0 Å². The lowest BCUT2D eigenvalue weighted by molar-refractivity contribution is 0.0104. The first kappa shape index (κ1) is 15.6. The van der Waals surface area contributed by atoms with Crippen LogP contribution >= 0.6 is 11.3 Å². The molecule has 3 aliphatic rings. The van der Waals surface area contributed by atoms with E-state index in [4.69, 9.17) is 9.47 Å². The van der Waals surface area contributed by atoms with E-state index in [1.54, 1.807) is 11.3 Å². The van der Waals surface area contributed by atoms with E-state index in [0.717, 1.165) is 64.0 Å². The van der Waals surface area contributed by atoms with E-state index in [0.29, 0.717) is 5.92 Å². The Morgan fingerprint density at radius 2 is 2.17 bits per heavy atom. The molecular formula is C17H24N2O3S. The van der Waals surface area contributed by atoms with Crippen LogP contribution in [0.1, 0.15) is 14.5 Å². The molecule has 0 aromatic carbocycles. The van der Waals surface area contributed by atoms with E-state index in [1.807, 2.05) is 19.1 Å². The molecule has 0 aliphatic carbocycles. The predicted molar refractivity (Wildman–Crippen MR) is 89.0 cm³/mol. The van der Waals surface area contributed by atoms with E-state index in [-0.39, 0.29) is 11.3 Å². The summed E-state index contributed by atoms with van der Waals surface area (Å²) < 4.78 is 11.3. The second-order valence-electron chi connectivity index (χ2n) is 7.06. The van der Waals surface area contributed by atoms with E-state index in [2.05, 4.69) is 9.80 Å². The Morgan fingerprint density at radius 1 is 1.35 bits per heavy atom. The minimum Gasteiger partial charge on any atom is -0.380 e. The lowest BCUT2D eigenvalue weighted by Crippen LogP contribution is -2.47. The van der Waals surface area contributed by atoms with Gasteiger partial charge >= 0.3 is 0 Å². The summed E-state index contributed by atoms with van der Waals surface area (Å²) >= 11 is 1.60. The molecule has 5 nitrogen and oxygen atoms in total. The highest BCUT2D eigenvalue weighted by atomic mass is 32.1. The van der Waals surface area contributed by atoms with E-state index in [9.17, 15) is 4.79 Å². The Labute approximate surface area is 141 Å². The number of hydrogen-bond donors (Lipinski definition) is 0. The number of carbonyl (C=O) groups is 1. The summed E-state index contributed by atoms with van der Waals surface area (Å²) in [6.07, 6.45) is 0. The highest BCUT2D eigenvalue weighted by Gasteiger charge is 2.52. The van der Waals surface area contributed by atoms with E-state index in [1.165, 1.54) is 4.88 Å². The van der Waals surface area contributed by atoms with Gasteiger partial charge in [-0.3, -0.25) is 9.69 Å². The number of fused-ring (bicyclic) bond motifs is 1. The van der Waals surface area contributed by atoms with Gasteiger partial charge in [-0.2, -0.15) is 0 Å². The summed E-state index contributed by atoms with van der Waals surface area (Å²) in [6.45, 7) is 9.92. The molecule has 0 unspecified atom stereocenters. The van der Waals surface area contributed by atoms with Crippen molar-refractivity contribution >= 4 is 17.2 Å². The van der Waals surface area contributed by atoms with Crippen molar-refractivity contribution in [1.82, 2.24) is 9.80 Å². The first-order chi connectivity index (χ1) is 11.2. The summed E-state index contributed by atoms with van der Waals surface area (Å²) in [6, 6.07) is 3.99. The number of morpholine rings is 1. The molecule has 1 amide bonds. The predicted octanol–water partition coefficient (Wildman–Crippen LogP) is 1.48. The Morgan fingerprint density at radius 3 is 2.91 bits per heavy atom. The normalized spacial score (nSPS) is 31.5. The maximum atomic E-state index is 12.8. The van der Waals surface area contributed by atoms with Crippen LogP contribution in [0.4, 0.5) is 0 Å². The van der Waals surface area contributed by atoms with Crippen molar-refractivity contribution < 1.29 is 14.3 Å². The Bertz CT molecular complexity index is 584. The van der Waals surface area contributed by atoms with Gasteiger partial charge in [-0.25, -0.2) is 0 Å². The van der Waals surface area contributed by atoms with Crippen molar-refractivity contribution in [2.75, 3.05) is 59.2 Å². The molecule has 0 saturated carbocycles. The summed E-state index contributed by atoms with van der Waals surface area (Å²) in [7, 11) is 0. The first-order valence-electron chi connectivity index (χ1n) is 8.40. The number of hydrogen-bond acceptors (Lipinski definition) is 5. The van der Waals surface area contributed by atoms with Gasteiger partial charge in [0.25, 0.3) is 5.91 Å². The van der Waals surface area contributed by atoms with Crippen molar-refractivity contribution in [3.63, 3.8) is 0 Å². The minimum absolute atomic E-state index is 0.110. The summed E-state index contributed by atoms with van der Waals surface area (Å²) in [5.41, 5.74) is 0.110. The number of thiophene rings is 1. The van der Waals surface area contributed by atoms with Crippen molar-refractivity contribution in [2.24, 2.45) is 11.3 Å². The molecule has 0 radical (unpaired) electrons. The number of ether oxygens (including phenoxy) is 2. The standard InChI is InChI=1S/C17H24N2O3S/c1-13-2-3-15(23-13)16(20)19-8-14-9-22-12-17(14,11-19)10-18-4-6-21-7-5-18/h2-3,14H,4-12H2,1H3/t14-,17+/m1/s1. The van der Waals surface area contributed by atoms with Gasteiger partial charge in [-0.05, 0) is 19.1 Å². The minimum atomic E-state index is 0.110. The average Bonchev–Trinajstić information content (AvgIpc) is 3.21. The fourth-order valence-electron chi connectivity index (χ4n) is 4.12. The topological polar surface area (TPSA) is 42.0 Å². The molecular weight excluding hydrogens is 312 g/mol. The molecule has 23 heavy (non-hydrogen) atoms. The van der Waals surface area contributed by atoms with Crippen LogP contribution in [0.3, 0.4) is 0 Å². The lowest BCUT2D eigenvalue weighted by Gasteiger charge is -2.36. The van der Waals surface area contributed by atoms with Gasteiger partial charge in [0.15, 0.2) is 0 Å². The third-order valence-corrected chi connectivity index (χ3v) is 6.39. The molecule has 0 bridgehead atoms. The fraction of sp³-hybridized carbons (Fsp3) is 0.706. The smallest absolute Gasteiger partial charge is 0.263 e. The quantitative estimate of drug-likeness (QED) is 0.838. The third kappa shape index (κ3) is 2.93. The Kier molecular flexibility index (Phi) is 4.17. The zero-order valence-corrected chi connectivity index (χ0v) is 14.4. The van der Waals surface area contributed by atoms with Crippen molar-refractivity contribution in [2.45, 2.75) is 6.92 Å². The van der Waals surface area contributed by atoms with Crippen molar-refractivity contribution in [3.8, 4) is 0 Å². The van der Waals surface area contributed by atoms with Crippen LogP contribution in [-0.2, 0) is 9.47 Å². The van der Waals surface area contributed by atoms with Crippen LogP contribution < -0.4 is 0 Å². The highest BCUT2D eigenvalue weighted by Crippen LogP contribution is 2.42. The maximum absolute atomic E-state index is 12.8. The van der Waals surface area contributed by atoms with E-state index < -0.39 is 0 Å². The molecule has 3 saturated heterocycles. The van der Waals surface area contributed by atoms with Gasteiger partial charge in [0, 0.05) is 48.9 Å². The van der Waals surface area contributed by atoms with Crippen LogP contribution in [-0.4, -0.2) is 74.9 Å². The van der Waals surface area contributed by atoms with Gasteiger partial charge in [-0.1, -0.05) is 0 Å². The average molecular weight is 336 g/mol. The molecule has 4 heterocycles. The monoisotopic (exact) mass is 336 g/mol. The maximum Gasteiger partial charge on any atom is 0.263 e. The molecule has 3 aliphatic heterocycles. The van der Waals surface area contributed by atoms with Crippen LogP contribution in [0, 0.1) is 18.3 Å². The first-order valence-corrected chi connectivity index (χ1v) is 9.21. The van der Waals surface area contributed by atoms with Gasteiger partial charge in [0.05, 0.1) is 31.3 Å². The molecule has 0 spiro atoms. The zero-order valence-electron chi connectivity index (χ0n) is 13.6. The summed E-state index contributed by atoms with van der Waals surface area (Å²) in [5, 5.41) is 0. The Balaban J connectivity index is 1.48. The van der Waals surface area contributed by atoms with E-state index >= 15 is 0 Å². The number of aryl methyl sites for hydroxylation is 1. The molecule has 2 atom stereocenters. The summed E-state index contributed by atoms with van der Waals surface area (Å²) in [5.74, 6) is 0.661. The Hall–Kier alpha value is -0.950. The fourth-order valence-corrected chi connectivity index (χ4v) is 4.96. The van der Waals surface area contributed by atoms with Gasteiger partial charge in [0.2, 0.25) is 0 Å². The second kappa shape index (κ2) is 6.16. The number of likely N-dealkylation sites (tertiary alicyclic amines) is 1. The number of rotatable bonds is 3. The molecule has 3 fully saturated rings. The SMILES string of the molecule is Cc1ccc(C(=O)N2C[C@@H]3COC[C@]3(CN3CCOCC3)C2)s1. The number of carbonyl (C=O) groups excluding carboxylic acids is 1. The van der Waals surface area contributed by atoms with Gasteiger partial charge in [-0.15, -0.1) is 11.3 Å².